The zero-order valence-electron chi connectivity index (χ0n) is 8.54. The van der Waals surface area contributed by atoms with Crippen molar-refractivity contribution in [2.75, 3.05) is 5.73 Å². The Hall–Kier alpha value is -1.02. The monoisotopic (exact) mass is 178 g/mol. The SMILES string of the molecule is CC(C)NC(C)c1cccc(N)c1. The third kappa shape index (κ3) is 3.07. The summed E-state index contributed by atoms with van der Waals surface area (Å²) in [5.41, 5.74) is 7.77. The minimum absolute atomic E-state index is 0.364. The second kappa shape index (κ2) is 4.28. The molecule has 0 aromatic heterocycles. The second-order valence-electron chi connectivity index (χ2n) is 3.71. The Morgan fingerprint density at radius 1 is 1.23 bits per heavy atom. The first kappa shape index (κ1) is 10.1. The molecule has 1 aromatic rings. The number of hydrogen-bond acceptors (Lipinski definition) is 2. The molecule has 0 saturated carbocycles. The molecule has 0 aliphatic carbocycles. The van der Waals surface area contributed by atoms with Crippen molar-refractivity contribution in [1.82, 2.24) is 5.32 Å². The van der Waals surface area contributed by atoms with Gasteiger partial charge in [0.05, 0.1) is 0 Å². The van der Waals surface area contributed by atoms with E-state index in [1.54, 1.807) is 0 Å². The molecular weight excluding hydrogens is 160 g/mol. The molecule has 0 amide bonds. The molecule has 0 spiro atoms. The van der Waals surface area contributed by atoms with Crippen molar-refractivity contribution in [1.29, 1.82) is 0 Å². The average molecular weight is 178 g/mol. The van der Waals surface area contributed by atoms with Gasteiger partial charge in [-0.25, -0.2) is 0 Å². The topological polar surface area (TPSA) is 38.0 Å². The molecular formula is C11H18N2. The Labute approximate surface area is 80.1 Å². The van der Waals surface area contributed by atoms with E-state index in [1.807, 2.05) is 18.2 Å². The van der Waals surface area contributed by atoms with Gasteiger partial charge in [-0.15, -0.1) is 0 Å². The van der Waals surface area contributed by atoms with E-state index in [2.05, 4.69) is 32.2 Å². The molecule has 1 unspecified atom stereocenters. The molecule has 13 heavy (non-hydrogen) atoms. The van der Waals surface area contributed by atoms with Crippen LogP contribution in [0.25, 0.3) is 0 Å². The number of hydrogen-bond donors (Lipinski definition) is 2. The minimum Gasteiger partial charge on any atom is -0.399 e. The van der Waals surface area contributed by atoms with Gasteiger partial charge in [0.1, 0.15) is 0 Å². The summed E-state index contributed by atoms with van der Waals surface area (Å²) in [6.45, 7) is 6.43. The maximum Gasteiger partial charge on any atom is 0.0317 e. The molecule has 0 bridgehead atoms. The van der Waals surface area contributed by atoms with Gasteiger partial charge in [0, 0.05) is 17.8 Å². The molecule has 0 radical (unpaired) electrons. The molecule has 0 aliphatic rings. The van der Waals surface area contributed by atoms with Crippen LogP contribution in [0.4, 0.5) is 5.69 Å². The van der Waals surface area contributed by atoms with Gasteiger partial charge in [0.15, 0.2) is 0 Å². The van der Waals surface area contributed by atoms with Crippen LogP contribution in [0.5, 0.6) is 0 Å². The Morgan fingerprint density at radius 3 is 2.46 bits per heavy atom. The fourth-order valence-corrected chi connectivity index (χ4v) is 1.42. The van der Waals surface area contributed by atoms with E-state index in [9.17, 15) is 0 Å². The van der Waals surface area contributed by atoms with Crippen molar-refractivity contribution in [3.05, 3.63) is 29.8 Å². The number of nitrogens with two attached hydrogens (primary N) is 1. The summed E-state index contributed by atoms with van der Waals surface area (Å²) in [6, 6.07) is 8.87. The molecule has 2 nitrogen and oxygen atoms in total. The van der Waals surface area contributed by atoms with E-state index >= 15 is 0 Å². The van der Waals surface area contributed by atoms with Crippen molar-refractivity contribution in [2.24, 2.45) is 0 Å². The van der Waals surface area contributed by atoms with Crippen LogP contribution in [0.1, 0.15) is 32.4 Å². The molecule has 0 saturated heterocycles. The highest BCUT2D eigenvalue weighted by molar-refractivity contribution is 5.41. The lowest BCUT2D eigenvalue weighted by molar-refractivity contribution is 0.506. The second-order valence-corrected chi connectivity index (χ2v) is 3.71. The lowest BCUT2D eigenvalue weighted by Crippen LogP contribution is -2.26. The van der Waals surface area contributed by atoms with Gasteiger partial charge < -0.3 is 11.1 Å². The highest BCUT2D eigenvalue weighted by Gasteiger charge is 2.05. The largest absolute Gasteiger partial charge is 0.399 e. The maximum absolute atomic E-state index is 5.70. The van der Waals surface area contributed by atoms with E-state index in [0.29, 0.717) is 12.1 Å². The van der Waals surface area contributed by atoms with E-state index in [-0.39, 0.29) is 0 Å². The quantitative estimate of drug-likeness (QED) is 0.697. The molecule has 0 fully saturated rings. The zero-order valence-corrected chi connectivity index (χ0v) is 8.54. The summed E-state index contributed by atoms with van der Waals surface area (Å²) in [6.07, 6.45) is 0. The van der Waals surface area contributed by atoms with Gasteiger partial charge in [0.25, 0.3) is 0 Å². The third-order valence-corrected chi connectivity index (χ3v) is 1.99. The number of nitrogens with one attached hydrogen (secondary N) is 1. The van der Waals surface area contributed by atoms with Crippen molar-refractivity contribution >= 4 is 5.69 Å². The van der Waals surface area contributed by atoms with Gasteiger partial charge in [-0.2, -0.15) is 0 Å². The summed E-state index contributed by atoms with van der Waals surface area (Å²) in [7, 11) is 0. The fraction of sp³-hybridized carbons (Fsp3) is 0.455. The number of rotatable bonds is 3. The first-order chi connectivity index (χ1) is 6.09. The van der Waals surface area contributed by atoms with Crippen LogP contribution in [0.2, 0.25) is 0 Å². The highest BCUT2D eigenvalue weighted by Crippen LogP contribution is 2.15. The van der Waals surface area contributed by atoms with Crippen LogP contribution in [0, 0.1) is 0 Å². The van der Waals surface area contributed by atoms with Gasteiger partial charge in [-0.3, -0.25) is 0 Å². The first-order valence-electron chi connectivity index (χ1n) is 4.71. The molecule has 1 rings (SSSR count). The van der Waals surface area contributed by atoms with Crippen LogP contribution < -0.4 is 11.1 Å². The van der Waals surface area contributed by atoms with Crippen molar-refractivity contribution in [3.63, 3.8) is 0 Å². The van der Waals surface area contributed by atoms with Crippen LogP contribution in [-0.2, 0) is 0 Å². The van der Waals surface area contributed by atoms with E-state index < -0.39 is 0 Å². The van der Waals surface area contributed by atoms with E-state index in [4.69, 9.17) is 5.73 Å². The molecule has 2 heteroatoms. The number of anilines is 1. The summed E-state index contributed by atoms with van der Waals surface area (Å²) < 4.78 is 0. The fourth-order valence-electron chi connectivity index (χ4n) is 1.42. The number of nitrogen functional groups attached to an aromatic ring is 1. The predicted molar refractivity (Wildman–Crippen MR) is 57.5 cm³/mol. The van der Waals surface area contributed by atoms with Gasteiger partial charge >= 0.3 is 0 Å². The third-order valence-electron chi connectivity index (χ3n) is 1.99. The van der Waals surface area contributed by atoms with Gasteiger partial charge in [-0.05, 0) is 24.6 Å². The highest BCUT2D eigenvalue weighted by atomic mass is 14.9. The standard InChI is InChI=1S/C11H18N2/c1-8(2)13-9(3)10-5-4-6-11(12)7-10/h4-9,13H,12H2,1-3H3. The van der Waals surface area contributed by atoms with Gasteiger partial charge in [0.2, 0.25) is 0 Å². The Bertz CT molecular complexity index is 269. The van der Waals surface area contributed by atoms with Crippen LogP contribution in [-0.4, -0.2) is 6.04 Å². The maximum atomic E-state index is 5.70. The molecule has 0 aliphatic heterocycles. The molecule has 3 N–H and O–H groups in total. The molecule has 72 valence electrons. The zero-order chi connectivity index (χ0) is 9.84. The average Bonchev–Trinajstić information content (AvgIpc) is 2.03. The number of benzene rings is 1. The van der Waals surface area contributed by atoms with E-state index in [1.165, 1.54) is 5.56 Å². The van der Waals surface area contributed by atoms with Crippen molar-refractivity contribution in [2.45, 2.75) is 32.9 Å². The smallest absolute Gasteiger partial charge is 0.0317 e. The summed E-state index contributed by atoms with van der Waals surface area (Å²) in [5, 5.41) is 3.43. The summed E-state index contributed by atoms with van der Waals surface area (Å²) >= 11 is 0. The Balaban J connectivity index is 2.71. The first-order valence-corrected chi connectivity index (χ1v) is 4.71. The lowest BCUT2D eigenvalue weighted by Gasteiger charge is -2.17. The minimum atomic E-state index is 0.364. The summed E-state index contributed by atoms with van der Waals surface area (Å²) in [4.78, 5) is 0. The Morgan fingerprint density at radius 2 is 1.92 bits per heavy atom. The normalized spacial score (nSPS) is 13.2. The molecule has 1 atom stereocenters. The van der Waals surface area contributed by atoms with Crippen molar-refractivity contribution < 1.29 is 0 Å². The summed E-state index contributed by atoms with van der Waals surface area (Å²) in [5.74, 6) is 0. The lowest BCUT2D eigenvalue weighted by atomic mass is 10.1. The van der Waals surface area contributed by atoms with Crippen LogP contribution in [0.3, 0.4) is 0 Å². The van der Waals surface area contributed by atoms with Crippen LogP contribution in [0.15, 0.2) is 24.3 Å². The molecule has 1 aromatic carbocycles. The van der Waals surface area contributed by atoms with E-state index in [0.717, 1.165) is 5.69 Å². The Kier molecular flexibility index (Phi) is 3.32. The predicted octanol–water partition coefficient (Wildman–Crippen LogP) is 2.33. The van der Waals surface area contributed by atoms with Crippen LogP contribution >= 0.6 is 0 Å². The van der Waals surface area contributed by atoms with Gasteiger partial charge in [-0.1, -0.05) is 26.0 Å². The molecule has 0 heterocycles. The van der Waals surface area contributed by atoms with Crippen molar-refractivity contribution in [3.8, 4) is 0 Å².